The fourth-order valence-electron chi connectivity index (χ4n) is 3.93. The second kappa shape index (κ2) is 12.8. The average molecular weight is 560 g/mol. The number of rotatable bonds is 11. The second-order valence-electron chi connectivity index (χ2n) is 10.6. The lowest BCUT2D eigenvalue weighted by molar-refractivity contribution is 0.0440. The van der Waals surface area contributed by atoms with Gasteiger partial charge in [-0.15, -0.1) is 0 Å². The molecule has 0 aliphatic heterocycles. The Kier molecular flexibility index (Phi) is 10.9. The molecule has 1 aromatic heterocycles. The molecule has 2 aromatic rings. The van der Waals surface area contributed by atoms with Gasteiger partial charge >= 0.3 is 6.09 Å². The molecule has 2 rings (SSSR count). The molecular formula is C25H39ClFN3O4SSi. The van der Waals surface area contributed by atoms with E-state index in [1.165, 1.54) is 18.2 Å². The van der Waals surface area contributed by atoms with Crippen LogP contribution in [-0.4, -0.2) is 58.1 Å². The molecule has 2 unspecified atom stereocenters. The minimum Gasteiger partial charge on any atom is -0.610 e. The van der Waals surface area contributed by atoms with Gasteiger partial charge in [-0.05, 0) is 52.8 Å². The van der Waals surface area contributed by atoms with Crippen LogP contribution in [0.15, 0.2) is 23.2 Å². The molecule has 202 valence electrons. The average Bonchev–Trinajstić information content (AvgIpc) is 3.06. The van der Waals surface area contributed by atoms with Gasteiger partial charge in [0.05, 0.1) is 5.02 Å². The SMILES string of the molecule is Cc1nc(C(OC(=O)N(C(C)C)C(C)C)c2ccc(F)c(Cl)c2)n(COCC[Si](C)(C)C)c1[S+](C)[O-]. The molecular weight excluding hydrogens is 521 g/mol. The summed E-state index contributed by atoms with van der Waals surface area (Å²) in [6.07, 6.45) is 0.00478. The highest BCUT2D eigenvalue weighted by atomic mass is 35.5. The Balaban J connectivity index is 2.58. The summed E-state index contributed by atoms with van der Waals surface area (Å²) in [7, 11) is -1.32. The number of aryl methyl sites for hydroxylation is 1. The minimum atomic E-state index is -1.38. The third-order valence-electron chi connectivity index (χ3n) is 5.63. The molecule has 7 nitrogen and oxygen atoms in total. The Bertz CT molecular complexity index is 1040. The number of aromatic nitrogens is 2. The lowest BCUT2D eigenvalue weighted by Gasteiger charge is -2.31. The van der Waals surface area contributed by atoms with Gasteiger partial charge in [-0.1, -0.05) is 37.3 Å². The number of hydrogen-bond acceptors (Lipinski definition) is 5. The highest BCUT2D eigenvalue weighted by Gasteiger charge is 2.33. The van der Waals surface area contributed by atoms with E-state index < -0.39 is 37.3 Å². The summed E-state index contributed by atoms with van der Waals surface area (Å²) in [4.78, 5) is 19.6. The van der Waals surface area contributed by atoms with Gasteiger partial charge in [0.2, 0.25) is 5.03 Å². The third-order valence-corrected chi connectivity index (χ3v) is 8.68. The second-order valence-corrected chi connectivity index (χ2v) is 17.9. The zero-order chi connectivity index (χ0) is 27.4. The van der Waals surface area contributed by atoms with Gasteiger partial charge in [0.15, 0.2) is 11.9 Å². The van der Waals surface area contributed by atoms with Crippen molar-refractivity contribution >= 4 is 36.9 Å². The molecule has 0 spiro atoms. The van der Waals surface area contributed by atoms with E-state index in [1.54, 1.807) is 22.6 Å². The predicted molar refractivity (Wildman–Crippen MR) is 145 cm³/mol. The Morgan fingerprint density at radius 1 is 1.25 bits per heavy atom. The first-order valence-corrected chi connectivity index (χ1v) is 17.7. The van der Waals surface area contributed by atoms with Gasteiger partial charge in [0, 0.05) is 43.5 Å². The normalized spacial score (nSPS) is 13.8. The van der Waals surface area contributed by atoms with E-state index in [4.69, 9.17) is 21.1 Å². The van der Waals surface area contributed by atoms with E-state index in [0.29, 0.717) is 28.7 Å². The zero-order valence-electron chi connectivity index (χ0n) is 22.7. The van der Waals surface area contributed by atoms with Crippen LogP contribution in [0.1, 0.15) is 50.9 Å². The van der Waals surface area contributed by atoms with Crippen LogP contribution in [0.2, 0.25) is 30.7 Å². The molecule has 0 fully saturated rings. The maximum absolute atomic E-state index is 14.0. The third kappa shape index (κ3) is 7.95. The summed E-state index contributed by atoms with van der Waals surface area (Å²) in [6.45, 7) is 16.8. The molecule has 1 heterocycles. The van der Waals surface area contributed by atoms with Crippen molar-refractivity contribution in [3.05, 3.63) is 46.1 Å². The zero-order valence-corrected chi connectivity index (χ0v) is 25.3. The number of carbonyl (C=O) groups excluding carboxylic acids is 1. The molecule has 0 aliphatic carbocycles. The van der Waals surface area contributed by atoms with Crippen molar-refractivity contribution in [2.24, 2.45) is 0 Å². The molecule has 1 amide bonds. The standard InChI is InChI=1S/C25H39ClFN3O4SSi/c1-16(2)30(17(3)4)25(31)34-22(19-10-11-21(27)20(26)14-19)23-28-18(5)24(35(6)32)29(23)15-33-12-13-36(7,8)9/h10-11,14,16-17,22H,12-13,15H2,1-9H3. The first kappa shape index (κ1) is 30.6. The predicted octanol–water partition coefficient (Wildman–Crippen LogP) is 6.38. The van der Waals surface area contributed by atoms with Crippen LogP contribution in [0.5, 0.6) is 0 Å². The number of carbonyl (C=O) groups is 1. The van der Waals surface area contributed by atoms with E-state index in [2.05, 4.69) is 24.6 Å². The van der Waals surface area contributed by atoms with Gasteiger partial charge in [-0.25, -0.2) is 14.2 Å². The van der Waals surface area contributed by atoms with Crippen LogP contribution in [0.4, 0.5) is 9.18 Å². The van der Waals surface area contributed by atoms with Gasteiger partial charge in [0.1, 0.15) is 24.5 Å². The van der Waals surface area contributed by atoms with Gasteiger partial charge in [0.25, 0.3) is 0 Å². The number of imidazole rings is 1. The van der Waals surface area contributed by atoms with E-state index in [-0.39, 0.29) is 23.8 Å². The number of hydrogen-bond donors (Lipinski definition) is 0. The lowest BCUT2D eigenvalue weighted by atomic mass is 10.1. The van der Waals surface area contributed by atoms with E-state index in [1.807, 2.05) is 27.7 Å². The lowest BCUT2D eigenvalue weighted by Crippen LogP contribution is -2.43. The van der Waals surface area contributed by atoms with Crippen molar-refractivity contribution in [3.8, 4) is 0 Å². The molecule has 0 saturated carbocycles. The van der Waals surface area contributed by atoms with Crippen LogP contribution < -0.4 is 0 Å². The smallest absolute Gasteiger partial charge is 0.411 e. The Morgan fingerprint density at radius 3 is 2.36 bits per heavy atom. The van der Waals surface area contributed by atoms with E-state index in [9.17, 15) is 13.7 Å². The molecule has 36 heavy (non-hydrogen) atoms. The summed E-state index contributed by atoms with van der Waals surface area (Å²) in [5.41, 5.74) is 0.988. The summed E-state index contributed by atoms with van der Waals surface area (Å²) < 4.78 is 40.4. The van der Waals surface area contributed by atoms with Crippen molar-refractivity contribution in [1.29, 1.82) is 0 Å². The minimum absolute atomic E-state index is 0.0939. The fourth-order valence-corrected chi connectivity index (χ4v) is 5.79. The number of halogens is 2. The number of nitrogens with zero attached hydrogens (tertiary/aromatic N) is 3. The quantitative estimate of drug-likeness (QED) is 0.181. The van der Waals surface area contributed by atoms with Gasteiger partial charge in [-0.2, -0.15) is 0 Å². The number of amides is 1. The van der Waals surface area contributed by atoms with Crippen molar-refractivity contribution in [2.75, 3.05) is 12.9 Å². The number of benzene rings is 1. The molecule has 0 bridgehead atoms. The van der Waals surface area contributed by atoms with Crippen LogP contribution in [0.3, 0.4) is 0 Å². The highest BCUT2D eigenvalue weighted by molar-refractivity contribution is 7.90. The van der Waals surface area contributed by atoms with Crippen molar-refractivity contribution in [3.63, 3.8) is 0 Å². The largest absolute Gasteiger partial charge is 0.610 e. The summed E-state index contributed by atoms with van der Waals surface area (Å²) in [5, 5.41) is 0.385. The van der Waals surface area contributed by atoms with Crippen LogP contribution >= 0.6 is 11.6 Å². The van der Waals surface area contributed by atoms with E-state index >= 15 is 0 Å². The van der Waals surface area contributed by atoms with Crippen LogP contribution in [0, 0.1) is 12.7 Å². The molecule has 0 N–H and O–H groups in total. The van der Waals surface area contributed by atoms with Gasteiger partial charge in [-0.3, -0.25) is 4.57 Å². The van der Waals surface area contributed by atoms with E-state index in [0.717, 1.165) is 6.04 Å². The monoisotopic (exact) mass is 559 g/mol. The first-order chi connectivity index (χ1) is 16.6. The fraction of sp³-hybridized carbons (Fsp3) is 0.600. The van der Waals surface area contributed by atoms with Crippen molar-refractivity contribution < 1.29 is 23.2 Å². The molecule has 11 heteroatoms. The topological polar surface area (TPSA) is 79.7 Å². The summed E-state index contributed by atoms with van der Waals surface area (Å²) >= 11 is 4.72. The Hall–Kier alpha value is -1.59. The Labute approximate surface area is 223 Å². The summed E-state index contributed by atoms with van der Waals surface area (Å²) in [6, 6.07) is 4.90. The first-order valence-electron chi connectivity index (χ1n) is 12.1. The maximum Gasteiger partial charge on any atom is 0.411 e. The highest BCUT2D eigenvalue weighted by Crippen LogP contribution is 2.32. The molecule has 0 radical (unpaired) electrons. The maximum atomic E-state index is 14.0. The molecule has 2 atom stereocenters. The molecule has 1 aromatic carbocycles. The van der Waals surface area contributed by atoms with Gasteiger partial charge < -0.3 is 18.9 Å². The molecule has 0 aliphatic rings. The number of ether oxygens (including phenoxy) is 2. The Morgan fingerprint density at radius 2 is 1.86 bits per heavy atom. The van der Waals surface area contributed by atoms with Crippen LogP contribution in [0.25, 0.3) is 0 Å². The van der Waals surface area contributed by atoms with Crippen molar-refractivity contribution in [2.45, 2.75) is 90.2 Å². The summed E-state index contributed by atoms with van der Waals surface area (Å²) in [5.74, 6) is -0.241. The van der Waals surface area contributed by atoms with Crippen LogP contribution in [-0.2, 0) is 27.4 Å². The van der Waals surface area contributed by atoms with Crippen molar-refractivity contribution in [1.82, 2.24) is 14.5 Å². The molecule has 0 saturated heterocycles.